The largest absolute Gasteiger partial charge is 0.343 e. The Labute approximate surface area is 105 Å². The number of H-pyrrole nitrogens is 1. The normalized spacial score (nSPS) is 10.8. The molecule has 2 heterocycles. The molecule has 0 amide bonds. The van der Waals surface area contributed by atoms with Crippen molar-refractivity contribution < 1.29 is 0 Å². The van der Waals surface area contributed by atoms with Crippen molar-refractivity contribution in [2.45, 2.75) is 6.92 Å². The molecule has 18 heavy (non-hydrogen) atoms. The maximum absolute atomic E-state index is 4.45. The van der Waals surface area contributed by atoms with Gasteiger partial charge in [0.25, 0.3) is 0 Å². The van der Waals surface area contributed by atoms with E-state index in [2.05, 4.69) is 38.3 Å². The van der Waals surface area contributed by atoms with E-state index < -0.39 is 0 Å². The minimum atomic E-state index is 0.896. The van der Waals surface area contributed by atoms with Crippen LogP contribution in [0.25, 0.3) is 11.0 Å². The molecule has 0 unspecified atom stereocenters. The fraction of sp³-hybridized carbons (Fsp3) is 0.143. The van der Waals surface area contributed by atoms with Gasteiger partial charge in [-0.05, 0) is 25.1 Å². The van der Waals surface area contributed by atoms with E-state index >= 15 is 0 Å². The van der Waals surface area contributed by atoms with E-state index in [1.807, 2.05) is 32.2 Å². The lowest BCUT2D eigenvalue weighted by atomic mass is 10.2. The summed E-state index contributed by atoms with van der Waals surface area (Å²) in [5.74, 6) is 0. The number of aromatic nitrogens is 3. The van der Waals surface area contributed by atoms with Gasteiger partial charge in [0.1, 0.15) is 11.0 Å². The summed E-state index contributed by atoms with van der Waals surface area (Å²) < 4.78 is 0. The van der Waals surface area contributed by atoms with Crippen molar-refractivity contribution in [1.29, 1.82) is 0 Å². The highest BCUT2D eigenvalue weighted by Gasteiger charge is 2.11. The monoisotopic (exact) mass is 238 g/mol. The summed E-state index contributed by atoms with van der Waals surface area (Å²) in [7, 11) is 2.05. The SMILES string of the molecule is Cc1cc(N(C)c2ccccc2)c2[nH]ncc2n1. The molecule has 0 saturated carbocycles. The molecular formula is C14H14N4. The summed E-state index contributed by atoms with van der Waals surface area (Å²) in [6.07, 6.45) is 1.75. The molecule has 0 fully saturated rings. The lowest BCUT2D eigenvalue weighted by Crippen LogP contribution is -2.10. The molecule has 0 bridgehead atoms. The Morgan fingerprint density at radius 2 is 1.94 bits per heavy atom. The van der Waals surface area contributed by atoms with Crippen LogP contribution in [-0.2, 0) is 0 Å². The number of hydrogen-bond acceptors (Lipinski definition) is 3. The van der Waals surface area contributed by atoms with E-state index in [1.165, 1.54) is 0 Å². The van der Waals surface area contributed by atoms with E-state index in [1.54, 1.807) is 6.20 Å². The molecule has 1 aromatic carbocycles. The highest BCUT2D eigenvalue weighted by Crippen LogP contribution is 2.29. The zero-order valence-electron chi connectivity index (χ0n) is 10.4. The van der Waals surface area contributed by atoms with Gasteiger partial charge < -0.3 is 4.90 Å². The Balaban J connectivity index is 2.17. The van der Waals surface area contributed by atoms with Crippen molar-refractivity contribution in [3.8, 4) is 0 Å². The van der Waals surface area contributed by atoms with E-state index in [4.69, 9.17) is 0 Å². The van der Waals surface area contributed by atoms with Gasteiger partial charge in [-0.15, -0.1) is 0 Å². The van der Waals surface area contributed by atoms with Crippen LogP contribution in [-0.4, -0.2) is 22.2 Å². The van der Waals surface area contributed by atoms with Crippen LogP contribution in [0.3, 0.4) is 0 Å². The highest BCUT2D eigenvalue weighted by atomic mass is 15.2. The molecule has 0 radical (unpaired) electrons. The Bertz CT molecular complexity index is 673. The van der Waals surface area contributed by atoms with Crippen LogP contribution >= 0.6 is 0 Å². The van der Waals surface area contributed by atoms with Gasteiger partial charge >= 0.3 is 0 Å². The highest BCUT2D eigenvalue weighted by molar-refractivity contribution is 5.90. The predicted molar refractivity (Wildman–Crippen MR) is 73.1 cm³/mol. The van der Waals surface area contributed by atoms with E-state index in [0.717, 1.165) is 28.1 Å². The molecule has 0 aliphatic heterocycles. The van der Waals surface area contributed by atoms with Crippen molar-refractivity contribution in [2.75, 3.05) is 11.9 Å². The van der Waals surface area contributed by atoms with Crippen LogP contribution < -0.4 is 4.90 Å². The molecule has 0 saturated heterocycles. The Morgan fingerprint density at radius 3 is 2.72 bits per heavy atom. The van der Waals surface area contributed by atoms with Crippen molar-refractivity contribution in [3.63, 3.8) is 0 Å². The number of benzene rings is 1. The van der Waals surface area contributed by atoms with Crippen molar-refractivity contribution >= 4 is 22.4 Å². The molecule has 4 heteroatoms. The van der Waals surface area contributed by atoms with Crippen LogP contribution in [0.5, 0.6) is 0 Å². The number of nitrogens with zero attached hydrogens (tertiary/aromatic N) is 3. The molecule has 1 N–H and O–H groups in total. The minimum Gasteiger partial charge on any atom is -0.343 e. The summed E-state index contributed by atoms with van der Waals surface area (Å²) in [5.41, 5.74) is 5.07. The second-order valence-corrected chi connectivity index (χ2v) is 4.31. The van der Waals surface area contributed by atoms with Gasteiger partial charge in [0.2, 0.25) is 0 Å². The van der Waals surface area contributed by atoms with E-state index in [9.17, 15) is 0 Å². The lowest BCUT2D eigenvalue weighted by molar-refractivity contribution is 1.11. The molecule has 0 spiro atoms. The van der Waals surface area contributed by atoms with E-state index in [0.29, 0.717) is 0 Å². The van der Waals surface area contributed by atoms with Crippen molar-refractivity contribution in [2.24, 2.45) is 0 Å². The predicted octanol–water partition coefficient (Wildman–Crippen LogP) is 3.03. The number of hydrogen-bond donors (Lipinski definition) is 1. The van der Waals surface area contributed by atoms with Crippen LogP contribution in [0, 0.1) is 6.92 Å². The molecule has 0 aliphatic carbocycles. The minimum absolute atomic E-state index is 0.896. The van der Waals surface area contributed by atoms with Gasteiger partial charge in [-0.25, -0.2) is 4.98 Å². The number of aryl methyl sites for hydroxylation is 1. The van der Waals surface area contributed by atoms with Gasteiger partial charge in [-0.1, -0.05) is 18.2 Å². The topological polar surface area (TPSA) is 44.8 Å². The van der Waals surface area contributed by atoms with Gasteiger partial charge in [-0.2, -0.15) is 5.10 Å². The van der Waals surface area contributed by atoms with Gasteiger partial charge in [0.05, 0.1) is 11.9 Å². The van der Waals surface area contributed by atoms with Gasteiger partial charge in [0.15, 0.2) is 0 Å². The smallest absolute Gasteiger partial charge is 0.110 e. The summed E-state index contributed by atoms with van der Waals surface area (Å²) in [4.78, 5) is 6.59. The average Bonchev–Trinajstić information content (AvgIpc) is 2.86. The second-order valence-electron chi connectivity index (χ2n) is 4.31. The Hall–Kier alpha value is -2.36. The first-order chi connectivity index (χ1) is 8.75. The summed E-state index contributed by atoms with van der Waals surface area (Å²) in [6.45, 7) is 1.99. The number of rotatable bonds is 2. The van der Waals surface area contributed by atoms with Crippen LogP contribution in [0.4, 0.5) is 11.4 Å². The molecule has 3 aromatic rings. The number of aromatic amines is 1. The first kappa shape index (κ1) is 10.8. The maximum Gasteiger partial charge on any atom is 0.110 e. The maximum atomic E-state index is 4.45. The Morgan fingerprint density at radius 1 is 1.17 bits per heavy atom. The molecule has 90 valence electrons. The molecule has 4 nitrogen and oxygen atoms in total. The zero-order valence-corrected chi connectivity index (χ0v) is 10.4. The molecule has 0 atom stereocenters. The third kappa shape index (κ3) is 1.72. The van der Waals surface area contributed by atoms with Crippen LogP contribution in [0.15, 0.2) is 42.6 Å². The van der Waals surface area contributed by atoms with Crippen LogP contribution in [0.1, 0.15) is 5.69 Å². The molecule has 0 aliphatic rings. The number of pyridine rings is 1. The van der Waals surface area contributed by atoms with Crippen molar-refractivity contribution in [1.82, 2.24) is 15.2 Å². The summed E-state index contributed by atoms with van der Waals surface area (Å²) >= 11 is 0. The number of fused-ring (bicyclic) bond motifs is 1. The lowest BCUT2D eigenvalue weighted by Gasteiger charge is -2.20. The molecule has 3 rings (SSSR count). The molecular weight excluding hydrogens is 224 g/mol. The fourth-order valence-electron chi connectivity index (χ4n) is 2.10. The average molecular weight is 238 g/mol. The summed E-state index contributed by atoms with van der Waals surface area (Å²) in [6, 6.07) is 12.3. The number of nitrogens with one attached hydrogen (secondary N) is 1. The third-order valence-corrected chi connectivity index (χ3v) is 3.02. The first-order valence-corrected chi connectivity index (χ1v) is 5.85. The standard InChI is InChI=1S/C14H14N4/c1-10-8-13(14-12(16-10)9-15-17-14)18(2)11-6-4-3-5-7-11/h3-9H,1-2H3,(H,15,17). The van der Waals surface area contributed by atoms with Crippen molar-refractivity contribution in [3.05, 3.63) is 48.3 Å². The number of anilines is 2. The Kier molecular flexibility index (Phi) is 2.48. The number of para-hydroxylation sites is 1. The molecule has 2 aromatic heterocycles. The van der Waals surface area contributed by atoms with Gasteiger partial charge in [-0.3, -0.25) is 5.10 Å². The quantitative estimate of drug-likeness (QED) is 0.746. The fourth-order valence-corrected chi connectivity index (χ4v) is 2.10. The first-order valence-electron chi connectivity index (χ1n) is 5.85. The second kappa shape index (κ2) is 4.14. The summed E-state index contributed by atoms with van der Waals surface area (Å²) in [5, 5.41) is 7.08. The third-order valence-electron chi connectivity index (χ3n) is 3.02. The van der Waals surface area contributed by atoms with Gasteiger partial charge in [0, 0.05) is 18.4 Å². The van der Waals surface area contributed by atoms with E-state index in [-0.39, 0.29) is 0 Å². The van der Waals surface area contributed by atoms with Crippen LogP contribution in [0.2, 0.25) is 0 Å². The zero-order chi connectivity index (χ0) is 12.5.